The zero-order chi connectivity index (χ0) is 22.8. The molecular formula is C27H29N5O. The quantitative estimate of drug-likeness (QED) is 0.448. The van der Waals surface area contributed by atoms with Crippen molar-refractivity contribution >= 4 is 22.3 Å². The van der Waals surface area contributed by atoms with Gasteiger partial charge >= 0.3 is 0 Å². The summed E-state index contributed by atoms with van der Waals surface area (Å²) in [6.07, 6.45) is 8.17. The van der Waals surface area contributed by atoms with Crippen LogP contribution in [-0.2, 0) is 7.05 Å². The van der Waals surface area contributed by atoms with Crippen LogP contribution in [0.15, 0.2) is 73.7 Å². The van der Waals surface area contributed by atoms with E-state index >= 15 is 0 Å². The Morgan fingerprint density at radius 1 is 1.00 bits per heavy atom. The van der Waals surface area contributed by atoms with E-state index < -0.39 is 0 Å². The largest absolute Gasteiger partial charge is 0.490 e. The SMILES string of the molecule is C=C(Nc1cc2cc(-c3cnn(C)c3)ccc2cn1)c1cccc(OC2CCN(C)CC2)c1. The highest BCUT2D eigenvalue weighted by Gasteiger charge is 2.18. The van der Waals surface area contributed by atoms with Crippen molar-refractivity contribution in [1.29, 1.82) is 0 Å². The number of anilines is 1. The third kappa shape index (κ3) is 4.91. The normalized spacial score (nSPS) is 15.0. The fourth-order valence-electron chi connectivity index (χ4n) is 4.24. The second kappa shape index (κ2) is 9.08. The minimum absolute atomic E-state index is 0.272. The van der Waals surface area contributed by atoms with Crippen LogP contribution in [-0.4, -0.2) is 45.9 Å². The zero-order valence-corrected chi connectivity index (χ0v) is 19.2. The second-order valence-corrected chi connectivity index (χ2v) is 8.79. The Bertz CT molecular complexity index is 1290. The molecule has 0 bridgehead atoms. The van der Waals surface area contributed by atoms with Gasteiger partial charge in [-0.3, -0.25) is 4.68 Å². The zero-order valence-electron chi connectivity index (χ0n) is 19.2. The maximum atomic E-state index is 6.24. The van der Waals surface area contributed by atoms with Crippen LogP contribution < -0.4 is 10.1 Å². The molecule has 0 aliphatic carbocycles. The number of nitrogens with one attached hydrogen (secondary N) is 1. The maximum absolute atomic E-state index is 6.24. The first-order valence-electron chi connectivity index (χ1n) is 11.3. The van der Waals surface area contributed by atoms with Gasteiger partial charge in [0, 0.05) is 54.7 Å². The first kappa shape index (κ1) is 21.2. The van der Waals surface area contributed by atoms with E-state index in [-0.39, 0.29) is 6.10 Å². The van der Waals surface area contributed by atoms with Gasteiger partial charge in [-0.15, -0.1) is 0 Å². The lowest BCUT2D eigenvalue weighted by molar-refractivity contribution is 0.114. The first-order chi connectivity index (χ1) is 16.0. The van der Waals surface area contributed by atoms with Gasteiger partial charge in [-0.1, -0.05) is 30.8 Å². The van der Waals surface area contributed by atoms with Crippen LogP contribution in [0.5, 0.6) is 5.75 Å². The van der Waals surface area contributed by atoms with E-state index in [1.54, 1.807) is 0 Å². The van der Waals surface area contributed by atoms with E-state index in [0.29, 0.717) is 0 Å². The molecule has 0 amide bonds. The molecule has 0 radical (unpaired) electrons. The molecule has 6 heteroatoms. The Morgan fingerprint density at radius 3 is 2.64 bits per heavy atom. The van der Waals surface area contributed by atoms with E-state index in [9.17, 15) is 0 Å². The molecule has 1 aliphatic heterocycles. The number of nitrogens with zero attached hydrogens (tertiary/aromatic N) is 4. The summed E-state index contributed by atoms with van der Waals surface area (Å²) in [5, 5.41) is 9.85. The first-order valence-corrected chi connectivity index (χ1v) is 11.3. The van der Waals surface area contributed by atoms with Crippen molar-refractivity contribution in [3.05, 3.63) is 79.3 Å². The summed E-state index contributed by atoms with van der Waals surface area (Å²) in [5.74, 6) is 1.65. The molecule has 2 aromatic heterocycles. The van der Waals surface area contributed by atoms with Crippen LogP contribution in [0.2, 0.25) is 0 Å². The molecular weight excluding hydrogens is 410 g/mol. The van der Waals surface area contributed by atoms with Crippen LogP contribution >= 0.6 is 0 Å². The van der Waals surface area contributed by atoms with E-state index in [0.717, 1.165) is 70.7 Å². The van der Waals surface area contributed by atoms with E-state index in [2.05, 4.69) is 64.3 Å². The number of likely N-dealkylation sites (tertiary alicyclic amines) is 1. The molecule has 3 heterocycles. The fourth-order valence-corrected chi connectivity index (χ4v) is 4.24. The average molecular weight is 440 g/mol. The Kier molecular flexibility index (Phi) is 5.84. The Morgan fingerprint density at radius 2 is 1.85 bits per heavy atom. The minimum atomic E-state index is 0.272. The van der Waals surface area contributed by atoms with Crippen LogP contribution in [0.1, 0.15) is 18.4 Å². The third-order valence-corrected chi connectivity index (χ3v) is 6.19. The van der Waals surface area contributed by atoms with Crippen molar-refractivity contribution in [2.75, 3.05) is 25.5 Å². The minimum Gasteiger partial charge on any atom is -0.490 e. The summed E-state index contributed by atoms with van der Waals surface area (Å²) in [5.41, 5.74) is 4.01. The summed E-state index contributed by atoms with van der Waals surface area (Å²) in [6, 6.07) is 16.5. The Hall–Kier alpha value is -3.64. The average Bonchev–Trinajstić information content (AvgIpc) is 3.26. The van der Waals surface area contributed by atoms with Crippen LogP contribution in [0.25, 0.3) is 27.6 Å². The molecule has 2 aromatic carbocycles. The predicted molar refractivity (Wildman–Crippen MR) is 134 cm³/mol. The van der Waals surface area contributed by atoms with E-state index in [1.165, 1.54) is 0 Å². The smallest absolute Gasteiger partial charge is 0.130 e. The second-order valence-electron chi connectivity index (χ2n) is 8.79. The third-order valence-electron chi connectivity index (χ3n) is 6.19. The van der Waals surface area contributed by atoms with Crippen molar-refractivity contribution in [2.45, 2.75) is 18.9 Å². The van der Waals surface area contributed by atoms with E-state index in [4.69, 9.17) is 4.74 Å². The topological polar surface area (TPSA) is 55.2 Å². The lowest BCUT2D eigenvalue weighted by Gasteiger charge is -2.29. The Labute approximate surface area is 194 Å². The summed E-state index contributed by atoms with van der Waals surface area (Å²) < 4.78 is 8.05. The van der Waals surface area contributed by atoms with Gasteiger partial charge in [0.15, 0.2) is 0 Å². The van der Waals surface area contributed by atoms with Crippen molar-refractivity contribution in [1.82, 2.24) is 19.7 Å². The van der Waals surface area contributed by atoms with Gasteiger partial charge in [0.25, 0.3) is 0 Å². The number of ether oxygens (including phenoxy) is 1. The van der Waals surface area contributed by atoms with Gasteiger partial charge in [0.05, 0.1) is 6.20 Å². The molecule has 33 heavy (non-hydrogen) atoms. The van der Waals surface area contributed by atoms with Crippen LogP contribution in [0.4, 0.5) is 5.82 Å². The molecule has 0 saturated carbocycles. The highest BCUT2D eigenvalue weighted by atomic mass is 16.5. The van der Waals surface area contributed by atoms with Gasteiger partial charge in [0.2, 0.25) is 0 Å². The molecule has 5 rings (SSSR count). The van der Waals surface area contributed by atoms with E-state index in [1.807, 2.05) is 48.5 Å². The van der Waals surface area contributed by atoms with Crippen molar-refractivity contribution < 1.29 is 4.74 Å². The molecule has 0 unspecified atom stereocenters. The highest BCUT2D eigenvalue weighted by molar-refractivity contribution is 5.89. The van der Waals surface area contributed by atoms with Crippen molar-refractivity contribution in [2.24, 2.45) is 7.05 Å². The standard InChI is InChI=1S/C27H29N5O/c1-19(20-5-4-6-26(14-20)33-25-9-11-31(2)12-10-25)30-27-15-23-13-21(7-8-22(23)16-28-27)24-17-29-32(3)18-24/h4-8,13-18,25H,1,9-12H2,2-3H3,(H,28,30). The number of hydrogen-bond donors (Lipinski definition) is 1. The number of benzene rings is 2. The van der Waals surface area contributed by atoms with Gasteiger partial charge in [-0.05, 0) is 55.1 Å². The van der Waals surface area contributed by atoms with Gasteiger partial charge in [0.1, 0.15) is 17.7 Å². The summed E-state index contributed by atoms with van der Waals surface area (Å²) in [6.45, 7) is 6.40. The molecule has 168 valence electrons. The molecule has 1 aliphatic rings. The van der Waals surface area contributed by atoms with Gasteiger partial charge < -0.3 is 15.0 Å². The number of aromatic nitrogens is 3. The number of hydrogen-bond acceptors (Lipinski definition) is 5. The van der Waals surface area contributed by atoms with Crippen LogP contribution in [0.3, 0.4) is 0 Å². The molecule has 6 nitrogen and oxygen atoms in total. The number of aryl methyl sites for hydroxylation is 1. The summed E-state index contributed by atoms with van der Waals surface area (Å²) in [4.78, 5) is 6.92. The number of fused-ring (bicyclic) bond motifs is 1. The Balaban J connectivity index is 1.31. The molecule has 0 atom stereocenters. The lowest BCUT2D eigenvalue weighted by Crippen LogP contribution is -2.35. The van der Waals surface area contributed by atoms with Gasteiger partial charge in [-0.25, -0.2) is 4.98 Å². The number of pyridine rings is 1. The highest BCUT2D eigenvalue weighted by Crippen LogP contribution is 2.27. The predicted octanol–water partition coefficient (Wildman–Crippen LogP) is 5.19. The summed E-state index contributed by atoms with van der Waals surface area (Å²) >= 11 is 0. The number of piperidine rings is 1. The van der Waals surface area contributed by atoms with Crippen molar-refractivity contribution in [3.8, 4) is 16.9 Å². The molecule has 1 saturated heterocycles. The molecule has 1 fully saturated rings. The molecule has 0 spiro atoms. The molecule has 4 aromatic rings. The lowest BCUT2D eigenvalue weighted by atomic mass is 10.0. The number of rotatable bonds is 6. The summed E-state index contributed by atoms with van der Waals surface area (Å²) in [7, 11) is 4.09. The molecule has 1 N–H and O–H groups in total. The van der Waals surface area contributed by atoms with Crippen molar-refractivity contribution in [3.63, 3.8) is 0 Å². The monoisotopic (exact) mass is 439 g/mol. The fraction of sp³-hybridized carbons (Fsp3) is 0.259. The van der Waals surface area contributed by atoms with Crippen LogP contribution in [0, 0.1) is 0 Å². The maximum Gasteiger partial charge on any atom is 0.130 e. The van der Waals surface area contributed by atoms with Gasteiger partial charge in [-0.2, -0.15) is 5.10 Å².